The van der Waals surface area contributed by atoms with Gasteiger partial charge in [-0.15, -0.1) is 0 Å². The number of H-pyrrole nitrogens is 1. The molecule has 4 nitrogen and oxygen atoms in total. The Morgan fingerprint density at radius 1 is 1.41 bits per heavy atom. The van der Waals surface area contributed by atoms with E-state index in [4.69, 9.17) is 11.6 Å². The van der Waals surface area contributed by atoms with Crippen molar-refractivity contribution in [3.05, 3.63) is 52.3 Å². The number of aliphatic hydroxyl groups excluding tert-OH is 1. The van der Waals surface area contributed by atoms with Crippen molar-refractivity contribution < 1.29 is 5.11 Å². The third kappa shape index (κ3) is 3.69. The number of β-amino-alcohol motifs (C(OH)–C–C–N with tert-alkyl or cyclic N) is 1. The Kier molecular flexibility index (Phi) is 4.81. The fraction of sp³-hybridized carbons (Fsp3) is 0.471. The zero-order valence-corrected chi connectivity index (χ0v) is 13.6. The molecule has 3 rings (SSSR count). The van der Waals surface area contributed by atoms with Crippen LogP contribution < -0.4 is 0 Å². The number of nitrogens with one attached hydrogen (secondary N) is 1. The van der Waals surface area contributed by atoms with Gasteiger partial charge in [-0.1, -0.05) is 23.7 Å². The molecule has 0 saturated carbocycles. The molecule has 0 amide bonds. The Morgan fingerprint density at radius 2 is 2.18 bits per heavy atom. The number of aryl methyl sites for hydroxylation is 1. The van der Waals surface area contributed by atoms with Crippen LogP contribution in [0.4, 0.5) is 0 Å². The molecule has 2 atom stereocenters. The van der Waals surface area contributed by atoms with Gasteiger partial charge in [0.2, 0.25) is 0 Å². The molecule has 0 bridgehead atoms. The molecule has 0 unspecified atom stereocenters. The van der Waals surface area contributed by atoms with Crippen molar-refractivity contribution in [1.82, 2.24) is 15.1 Å². The number of aromatic nitrogens is 2. The fourth-order valence-corrected chi connectivity index (χ4v) is 3.27. The van der Waals surface area contributed by atoms with E-state index in [1.165, 1.54) is 0 Å². The normalized spacial score (nSPS) is 21.0. The number of aliphatic hydroxyl groups is 1. The van der Waals surface area contributed by atoms with E-state index >= 15 is 0 Å². The summed E-state index contributed by atoms with van der Waals surface area (Å²) in [4.78, 5) is 2.33. The zero-order chi connectivity index (χ0) is 15.5. The van der Waals surface area contributed by atoms with Crippen molar-refractivity contribution in [2.24, 2.45) is 0 Å². The van der Waals surface area contributed by atoms with Gasteiger partial charge in [0.05, 0.1) is 11.8 Å². The summed E-state index contributed by atoms with van der Waals surface area (Å²) in [6.07, 6.45) is 1.83. The highest BCUT2D eigenvalue weighted by Gasteiger charge is 2.24. The first kappa shape index (κ1) is 15.5. The van der Waals surface area contributed by atoms with Crippen LogP contribution in [0.15, 0.2) is 30.3 Å². The number of benzene rings is 1. The number of aromatic amines is 1. The first-order valence-corrected chi connectivity index (χ1v) is 8.17. The Hall–Kier alpha value is -1.36. The largest absolute Gasteiger partial charge is 0.387 e. The highest BCUT2D eigenvalue weighted by molar-refractivity contribution is 6.30. The molecule has 0 radical (unpaired) electrons. The van der Waals surface area contributed by atoms with E-state index in [-0.39, 0.29) is 0 Å². The van der Waals surface area contributed by atoms with Gasteiger partial charge in [0.25, 0.3) is 0 Å². The molecular formula is C17H22ClN3O. The van der Waals surface area contributed by atoms with Gasteiger partial charge in [-0.3, -0.25) is 10.00 Å². The second kappa shape index (κ2) is 6.82. The lowest BCUT2D eigenvalue weighted by molar-refractivity contribution is 0.0950. The third-order valence-corrected chi connectivity index (χ3v) is 4.59. The van der Waals surface area contributed by atoms with Crippen molar-refractivity contribution in [3.8, 4) is 0 Å². The molecule has 1 saturated heterocycles. The van der Waals surface area contributed by atoms with Gasteiger partial charge in [-0.2, -0.15) is 5.10 Å². The number of likely N-dealkylation sites (tertiary alicyclic amines) is 1. The van der Waals surface area contributed by atoms with E-state index in [1.54, 1.807) is 0 Å². The maximum absolute atomic E-state index is 10.4. The fourth-order valence-electron chi connectivity index (χ4n) is 3.15. The van der Waals surface area contributed by atoms with E-state index in [1.807, 2.05) is 31.2 Å². The van der Waals surface area contributed by atoms with Crippen molar-refractivity contribution in [1.29, 1.82) is 0 Å². The lowest BCUT2D eigenvalue weighted by atomic mass is 9.94. The Bertz CT molecular complexity index is 611. The number of piperidine rings is 1. The quantitative estimate of drug-likeness (QED) is 0.909. The number of hydrogen-bond acceptors (Lipinski definition) is 3. The van der Waals surface area contributed by atoms with Crippen LogP contribution in [0.1, 0.15) is 41.8 Å². The highest BCUT2D eigenvalue weighted by atomic mass is 35.5. The lowest BCUT2D eigenvalue weighted by Gasteiger charge is -2.33. The minimum atomic E-state index is -0.475. The smallest absolute Gasteiger partial charge is 0.0916 e. The maximum Gasteiger partial charge on any atom is 0.0916 e. The average Bonchev–Trinajstić information content (AvgIpc) is 2.95. The first-order valence-electron chi connectivity index (χ1n) is 7.79. The molecule has 1 aliphatic rings. The molecule has 0 spiro atoms. The van der Waals surface area contributed by atoms with E-state index in [0.29, 0.717) is 17.5 Å². The van der Waals surface area contributed by atoms with Gasteiger partial charge < -0.3 is 5.11 Å². The zero-order valence-electron chi connectivity index (χ0n) is 12.8. The molecule has 1 aromatic carbocycles. The van der Waals surface area contributed by atoms with Gasteiger partial charge in [0.15, 0.2) is 0 Å². The van der Waals surface area contributed by atoms with Gasteiger partial charge in [0.1, 0.15) is 0 Å². The standard InChI is InChI=1S/C17H22ClN3O/c1-12-9-16(20-19-12)14-3-2-8-21(10-14)11-17(22)13-4-6-15(18)7-5-13/h4-7,9,14,17,22H,2-3,8,10-11H2,1H3,(H,19,20)/t14-,17-/m1/s1. The second-order valence-electron chi connectivity index (χ2n) is 6.14. The molecule has 22 heavy (non-hydrogen) atoms. The predicted molar refractivity (Wildman–Crippen MR) is 88.2 cm³/mol. The molecule has 1 aromatic heterocycles. The highest BCUT2D eigenvalue weighted by Crippen LogP contribution is 2.27. The van der Waals surface area contributed by atoms with Crippen molar-refractivity contribution in [2.45, 2.75) is 31.8 Å². The summed E-state index contributed by atoms with van der Waals surface area (Å²) in [5.41, 5.74) is 3.17. The molecule has 0 aliphatic carbocycles. The second-order valence-corrected chi connectivity index (χ2v) is 6.58. The molecule has 5 heteroatoms. The van der Waals surface area contributed by atoms with Crippen molar-refractivity contribution >= 4 is 11.6 Å². The Labute approximate surface area is 136 Å². The molecule has 2 N–H and O–H groups in total. The topological polar surface area (TPSA) is 52.1 Å². The van der Waals surface area contributed by atoms with Crippen molar-refractivity contribution in [3.63, 3.8) is 0 Å². The number of nitrogens with zero attached hydrogens (tertiary/aromatic N) is 2. The van der Waals surface area contributed by atoms with Crippen LogP contribution in [0.3, 0.4) is 0 Å². The Morgan fingerprint density at radius 3 is 2.86 bits per heavy atom. The van der Waals surface area contributed by atoms with E-state index < -0.39 is 6.10 Å². The van der Waals surface area contributed by atoms with Gasteiger partial charge in [0, 0.05) is 29.7 Å². The van der Waals surface area contributed by atoms with E-state index in [0.717, 1.165) is 42.9 Å². The summed E-state index contributed by atoms with van der Waals surface area (Å²) in [5, 5.41) is 18.5. The Balaban J connectivity index is 1.61. The molecule has 118 valence electrons. The SMILES string of the molecule is Cc1cc([C@@H]2CCCN(C[C@@H](O)c3ccc(Cl)cc3)C2)n[nH]1. The summed E-state index contributed by atoms with van der Waals surface area (Å²) in [6, 6.07) is 9.57. The number of hydrogen-bond donors (Lipinski definition) is 2. The molecular weight excluding hydrogens is 298 g/mol. The lowest BCUT2D eigenvalue weighted by Crippen LogP contribution is -2.37. The maximum atomic E-state index is 10.4. The minimum absolute atomic E-state index is 0.455. The first-order chi connectivity index (χ1) is 10.6. The molecule has 2 aromatic rings. The summed E-state index contributed by atoms with van der Waals surface area (Å²) in [7, 11) is 0. The monoisotopic (exact) mass is 319 g/mol. The predicted octanol–water partition coefficient (Wildman–Crippen LogP) is 3.28. The summed E-state index contributed by atoms with van der Waals surface area (Å²) in [6.45, 7) is 4.67. The van der Waals surface area contributed by atoms with Crippen LogP contribution >= 0.6 is 11.6 Å². The van der Waals surface area contributed by atoms with Crippen LogP contribution in [-0.4, -0.2) is 39.8 Å². The molecule has 2 heterocycles. The van der Waals surface area contributed by atoms with E-state index in [2.05, 4.69) is 21.2 Å². The van der Waals surface area contributed by atoms with Crippen molar-refractivity contribution in [2.75, 3.05) is 19.6 Å². The van der Waals surface area contributed by atoms with Gasteiger partial charge in [-0.25, -0.2) is 0 Å². The average molecular weight is 320 g/mol. The number of halogens is 1. The van der Waals surface area contributed by atoms with Crippen LogP contribution in [0.25, 0.3) is 0 Å². The molecule has 1 fully saturated rings. The van der Waals surface area contributed by atoms with Crippen LogP contribution in [0, 0.1) is 6.92 Å². The van der Waals surface area contributed by atoms with Gasteiger partial charge >= 0.3 is 0 Å². The summed E-state index contributed by atoms with van der Waals surface area (Å²) < 4.78 is 0. The third-order valence-electron chi connectivity index (χ3n) is 4.34. The summed E-state index contributed by atoms with van der Waals surface area (Å²) in [5.74, 6) is 0.455. The van der Waals surface area contributed by atoms with Crippen LogP contribution in [0.2, 0.25) is 5.02 Å². The summed E-state index contributed by atoms with van der Waals surface area (Å²) >= 11 is 5.90. The van der Waals surface area contributed by atoms with Gasteiger partial charge in [-0.05, 0) is 50.1 Å². The molecule has 1 aliphatic heterocycles. The minimum Gasteiger partial charge on any atom is -0.387 e. The van der Waals surface area contributed by atoms with Crippen LogP contribution in [-0.2, 0) is 0 Å². The van der Waals surface area contributed by atoms with E-state index in [9.17, 15) is 5.11 Å². The van der Waals surface area contributed by atoms with Crippen LogP contribution in [0.5, 0.6) is 0 Å². The number of rotatable bonds is 4.